The fraction of sp³-hybridized carbons (Fsp3) is 0.118. The molecule has 0 unspecified atom stereocenters. The predicted octanol–water partition coefficient (Wildman–Crippen LogP) is 4.10. The maximum atomic E-state index is 9.60. The largest absolute Gasteiger partial charge is 0.392 e. The first-order valence-electron chi connectivity index (χ1n) is 6.70. The number of aliphatic hydroxyl groups excluding tert-OH is 1. The molecule has 0 aliphatic heterocycles. The molecule has 0 saturated heterocycles. The van der Waals surface area contributed by atoms with Crippen molar-refractivity contribution in [2.75, 3.05) is 0 Å². The first-order valence-corrected chi connectivity index (χ1v) is 7.49. The van der Waals surface area contributed by atoms with Gasteiger partial charge in [0, 0.05) is 21.8 Å². The third-order valence-electron chi connectivity index (χ3n) is 3.44. The molecule has 0 radical (unpaired) electrons. The Labute approximate surface area is 132 Å². The SMILES string of the molecule is Cc1ccccc1-n1cc(CO)c(-c2ccc(Br)cc2)n1. The van der Waals surface area contributed by atoms with Gasteiger partial charge in [-0.1, -0.05) is 46.3 Å². The van der Waals surface area contributed by atoms with Crippen molar-refractivity contribution in [1.82, 2.24) is 9.78 Å². The fourth-order valence-corrected chi connectivity index (χ4v) is 2.58. The average molecular weight is 343 g/mol. The molecule has 106 valence electrons. The normalized spacial score (nSPS) is 10.8. The lowest BCUT2D eigenvalue weighted by atomic mass is 10.1. The Morgan fingerprint density at radius 2 is 1.81 bits per heavy atom. The summed E-state index contributed by atoms with van der Waals surface area (Å²) in [4.78, 5) is 0. The number of aliphatic hydroxyl groups is 1. The van der Waals surface area contributed by atoms with Crippen molar-refractivity contribution >= 4 is 15.9 Å². The molecular weight excluding hydrogens is 328 g/mol. The van der Waals surface area contributed by atoms with E-state index in [-0.39, 0.29) is 6.61 Å². The first-order chi connectivity index (χ1) is 10.2. The van der Waals surface area contributed by atoms with Crippen LogP contribution in [0.2, 0.25) is 0 Å². The van der Waals surface area contributed by atoms with Crippen LogP contribution in [0.3, 0.4) is 0 Å². The molecule has 2 aromatic carbocycles. The van der Waals surface area contributed by atoms with E-state index in [1.54, 1.807) is 0 Å². The van der Waals surface area contributed by atoms with Crippen LogP contribution in [-0.2, 0) is 6.61 Å². The molecule has 0 spiro atoms. The minimum atomic E-state index is -0.0305. The molecule has 3 aromatic rings. The number of hydrogen-bond donors (Lipinski definition) is 1. The van der Waals surface area contributed by atoms with Crippen molar-refractivity contribution in [2.24, 2.45) is 0 Å². The van der Waals surface area contributed by atoms with Gasteiger partial charge < -0.3 is 5.11 Å². The Hall–Kier alpha value is -1.91. The third-order valence-corrected chi connectivity index (χ3v) is 3.97. The molecule has 0 bridgehead atoms. The topological polar surface area (TPSA) is 38.0 Å². The number of aryl methyl sites for hydroxylation is 1. The fourth-order valence-electron chi connectivity index (χ4n) is 2.32. The standard InChI is InChI=1S/C17H15BrN2O/c1-12-4-2-3-5-16(12)20-10-14(11-21)17(19-20)13-6-8-15(18)9-7-13/h2-10,21H,11H2,1H3. The summed E-state index contributed by atoms with van der Waals surface area (Å²) in [6.07, 6.45) is 1.89. The van der Waals surface area contributed by atoms with Crippen molar-refractivity contribution in [2.45, 2.75) is 13.5 Å². The van der Waals surface area contributed by atoms with E-state index in [2.05, 4.69) is 34.0 Å². The Morgan fingerprint density at radius 1 is 1.10 bits per heavy atom. The number of aromatic nitrogens is 2. The van der Waals surface area contributed by atoms with E-state index >= 15 is 0 Å². The average Bonchev–Trinajstić information content (AvgIpc) is 2.92. The minimum Gasteiger partial charge on any atom is -0.392 e. The molecule has 0 atom stereocenters. The zero-order valence-electron chi connectivity index (χ0n) is 11.6. The molecule has 1 N–H and O–H groups in total. The van der Waals surface area contributed by atoms with Gasteiger partial charge in [-0.3, -0.25) is 0 Å². The second kappa shape index (κ2) is 5.84. The van der Waals surface area contributed by atoms with Gasteiger partial charge in [0.25, 0.3) is 0 Å². The molecule has 21 heavy (non-hydrogen) atoms. The van der Waals surface area contributed by atoms with E-state index < -0.39 is 0 Å². The molecule has 4 heteroatoms. The quantitative estimate of drug-likeness (QED) is 0.777. The molecule has 1 aromatic heterocycles. The van der Waals surface area contributed by atoms with Gasteiger partial charge in [-0.25, -0.2) is 4.68 Å². The summed E-state index contributed by atoms with van der Waals surface area (Å²) in [5.41, 5.74) is 4.80. The maximum absolute atomic E-state index is 9.60. The Balaban J connectivity index is 2.11. The zero-order chi connectivity index (χ0) is 14.8. The number of para-hydroxylation sites is 1. The van der Waals surface area contributed by atoms with Crippen LogP contribution in [0.4, 0.5) is 0 Å². The van der Waals surface area contributed by atoms with E-state index in [1.165, 1.54) is 0 Å². The molecule has 1 heterocycles. The van der Waals surface area contributed by atoms with Crippen LogP contribution in [-0.4, -0.2) is 14.9 Å². The van der Waals surface area contributed by atoms with Gasteiger partial charge in [0.2, 0.25) is 0 Å². The van der Waals surface area contributed by atoms with Crippen LogP contribution in [0.15, 0.2) is 59.2 Å². The summed E-state index contributed by atoms with van der Waals surface area (Å²) in [6.45, 7) is 2.02. The van der Waals surface area contributed by atoms with Crippen LogP contribution in [0.1, 0.15) is 11.1 Å². The number of nitrogens with zero attached hydrogens (tertiary/aromatic N) is 2. The van der Waals surface area contributed by atoms with Crippen LogP contribution in [0, 0.1) is 6.92 Å². The minimum absolute atomic E-state index is 0.0305. The van der Waals surface area contributed by atoms with Crippen LogP contribution >= 0.6 is 15.9 Å². The highest BCUT2D eigenvalue weighted by atomic mass is 79.9. The highest BCUT2D eigenvalue weighted by molar-refractivity contribution is 9.10. The van der Waals surface area contributed by atoms with Gasteiger partial charge >= 0.3 is 0 Å². The highest BCUT2D eigenvalue weighted by Crippen LogP contribution is 2.26. The second-order valence-corrected chi connectivity index (χ2v) is 5.81. The van der Waals surface area contributed by atoms with Crippen molar-refractivity contribution in [3.8, 4) is 16.9 Å². The maximum Gasteiger partial charge on any atom is 0.0982 e. The number of rotatable bonds is 3. The molecular formula is C17H15BrN2O. The molecule has 0 aliphatic carbocycles. The smallest absolute Gasteiger partial charge is 0.0982 e. The van der Waals surface area contributed by atoms with Gasteiger partial charge in [0.05, 0.1) is 18.0 Å². The zero-order valence-corrected chi connectivity index (χ0v) is 13.2. The van der Waals surface area contributed by atoms with Gasteiger partial charge in [-0.2, -0.15) is 5.10 Å². The van der Waals surface area contributed by atoms with Crippen LogP contribution in [0.5, 0.6) is 0 Å². The van der Waals surface area contributed by atoms with Crippen LogP contribution < -0.4 is 0 Å². The highest BCUT2D eigenvalue weighted by Gasteiger charge is 2.12. The Morgan fingerprint density at radius 3 is 2.48 bits per heavy atom. The number of hydrogen-bond acceptors (Lipinski definition) is 2. The summed E-state index contributed by atoms with van der Waals surface area (Å²) in [5, 5.41) is 14.3. The van der Waals surface area contributed by atoms with E-state index in [0.29, 0.717) is 0 Å². The lowest BCUT2D eigenvalue weighted by Gasteiger charge is -2.04. The van der Waals surface area contributed by atoms with Crippen molar-refractivity contribution in [1.29, 1.82) is 0 Å². The predicted molar refractivity (Wildman–Crippen MR) is 87.4 cm³/mol. The molecule has 0 aliphatic rings. The Bertz CT molecular complexity index is 763. The monoisotopic (exact) mass is 342 g/mol. The molecule has 0 saturated carbocycles. The van der Waals surface area contributed by atoms with Gasteiger partial charge in [-0.05, 0) is 30.7 Å². The van der Waals surface area contributed by atoms with Crippen molar-refractivity contribution in [3.05, 3.63) is 70.3 Å². The van der Waals surface area contributed by atoms with E-state index in [9.17, 15) is 5.11 Å². The first kappa shape index (κ1) is 14.0. The number of halogens is 1. The van der Waals surface area contributed by atoms with E-state index in [1.807, 2.05) is 53.3 Å². The summed E-state index contributed by atoms with van der Waals surface area (Å²) in [6, 6.07) is 16.0. The van der Waals surface area contributed by atoms with Crippen molar-refractivity contribution < 1.29 is 5.11 Å². The number of benzene rings is 2. The third kappa shape index (κ3) is 2.77. The molecule has 3 nitrogen and oxygen atoms in total. The summed E-state index contributed by atoms with van der Waals surface area (Å²) >= 11 is 3.43. The Kier molecular flexibility index (Phi) is 3.90. The molecule has 0 fully saturated rings. The summed E-state index contributed by atoms with van der Waals surface area (Å²) in [7, 11) is 0. The van der Waals surface area contributed by atoms with Crippen LogP contribution in [0.25, 0.3) is 16.9 Å². The lowest BCUT2D eigenvalue weighted by Crippen LogP contribution is -1.97. The second-order valence-electron chi connectivity index (χ2n) is 4.90. The lowest BCUT2D eigenvalue weighted by molar-refractivity contribution is 0.282. The summed E-state index contributed by atoms with van der Waals surface area (Å²) < 4.78 is 2.85. The molecule has 0 amide bonds. The van der Waals surface area contributed by atoms with Gasteiger partial charge in [0.15, 0.2) is 0 Å². The van der Waals surface area contributed by atoms with E-state index in [4.69, 9.17) is 0 Å². The molecule has 3 rings (SSSR count). The van der Waals surface area contributed by atoms with Gasteiger partial charge in [-0.15, -0.1) is 0 Å². The van der Waals surface area contributed by atoms with E-state index in [0.717, 1.165) is 32.5 Å². The van der Waals surface area contributed by atoms with Gasteiger partial charge in [0.1, 0.15) is 0 Å². The van der Waals surface area contributed by atoms with Crippen molar-refractivity contribution in [3.63, 3.8) is 0 Å². The summed E-state index contributed by atoms with van der Waals surface area (Å²) in [5.74, 6) is 0.